The minimum atomic E-state index is -4.76. The van der Waals surface area contributed by atoms with Gasteiger partial charge in [0.1, 0.15) is 15.2 Å². The molecule has 3 nitrogen and oxygen atoms in total. The molecule has 0 amide bonds. The molecule has 1 atom stereocenters. The third-order valence-corrected chi connectivity index (χ3v) is 4.23. The Balaban J connectivity index is 1.97. The first kappa shape index (κ1) is 12.6. The number of rotatable bonds is 2. The first-order valence-electron chi connectivity index (χ1n) is 5.34. The quantitative estimate of drug-likeness (QED) is 0.637. The van der Waals surface area contributed by atoms with E-state index in [9.17, 15) is 22.7 Å². The summed E-state index contributed by atoms with van der Waals surface area (Å²) in [6.45, 7) is 0. The maximum absolute atomic E-state index is 13.5. The van der Waals surface area contributed by atoms with Crippen LogP contribution in [0.3, 0.4) is 0 Å². The highest BCUT2D eigenvalue weighted by Gasteiger charge is 2.71. The van der Waals surface area contributed by atoms with E-state index >= 15 is 0 Å². The summed E-state index contributed by atoms with van der Waals surface area (Å²) in [5, 5.41) is 9.31. The number of hydrogen-bond acceptors (Lipinski definition) is 2. The van der Waals surface area contributed by atoms with Gasteiger partial charge in [-0.2, -0.15) is 13.2 Å². The van der Waals surface area contributed by atoms with Crippen LogP contribution in [0.25, 0.3) is 0 Å². The van der Waals surface area contributed by atoms with Crippen LogP contribution < -0.4 is 0 Å². The van der Waals surface area contributed by atoms with Gasteiger partial charge in [-0.3, -0.25) is 0 Å². The van der Waals surface area contributed by atoms with Gasteiger partial charge >= 0.3 is 6.18 Å². The van der Waals surface area contributed by atoms with E-state index in [-0.39, 0.29) is 19.3 Å². The molecule has 3 fully saturated rings. The second kappa shape index (κ2) is 3.38. The van der Waals surface area contributed by atoms with Gasteiger partial charge < -0.3 is 9.67 Å². The summed E-state index contributed by atoms with van der Waals surface area (Å²) in [5.41, 5.74) is -1.82. The number of imidazole rings is 1. The van der Waals surface area contributed by atoms with Gasteiger partial charge in [0, 0.05) is 25.5 Å². The van der Waals surface area contributed by atoms with Crippen molar-refractivity contribution in [1.82, 2.24) is 9.55 Å². The Morgan fingerprint density at radius 1 is 1.39 bits per heavy atom. The number of halogens is 5. The topological polar surface area (TPSA) is 38.1 Å². The van der Waals surface area contributed by atoms with Crippen molar-refractivity contribution in [2.45, 2.75) is 42.8 Å². The van der Waals surface area contributed by atoms with Crippen LogP contribution in [-0.4, -0.2) is 26.5 Å². The van der Waals surface area contributed by atoms with Gasteiger partial charge in [-0.25, -0.2) is 9.37 Å². The number of aromatic nitrogens is 2. The van der Waals surface area contributed by atoms with Gasteiger partial charge in [0.05, 0.1) is 5.54 Å². The maximum atomic E-state index is 13.5. The van der Waals surface area contributed by atoms with Gasteiger partial charge in [0.2, 0.25) is 6.10 Å². The molecule has 1 heterocycles. The van der Waals surface area contributed by atoms with E-state index in [4.69, 9.17) is 0 Å². The summed E-state index contributed by atoms with van der Waals surface area (Å²) in [6.07, 6.45) is -5.30. The molecule has 3 aliphatic carbocycles. The minimum Gasteiger partial charge on any atom is -0.377 e. The molecule has 0 radical (unpaired) electrons. The largest absolute Gasteiger partial charge is 0.421 e. The summed E-state index contributed by atoms with van der Waals surface area (Å²) < 4.78 is 52.8. The van der Waals surface area contributed by atoms with Gasteiger partial charge in [-0.15, -0.1) is 0 Å². The highest BCUT2D eigenvalue weighted by molar-refractivity contribution is 14.1. The van der Waals surface area contributed by atoms with Crippen LogP contribution in [0.15, 0.2) is 6.20 Å². The van der Waals surface area contributed by atoms with E-state index in [2.05, 4.69) is 4.98 Å². The van der Waals surface area contributed by atoms with E-state index in [0.717, 1.165) is 0 Å². The molecule has 3 aliphatic rings. The third-order valence-electron chi connectivity index (χ3n) is 3.71. The normalized spacial score (nSPS) is 35.9. The van der Waals surface area contributed by atoms with Crippen LogP contribution >= 0.6 is 22.6 Å². The average Bonchev–Trinajstić information content (AvgIpc) is 2.51. The molecule has 8 heteroatoms. The first-order valence-corrected chi connectivity index (χ1v) is 6.42. The molecule has 1 N–H and O–H groups in total. The molecule has 0 unspecified atom stereocenters. The molecule has 0 aliphatic heterocycles. The zero-order valence-electron chi connectivity index (χ0n) is 9.01. The van der Waals surface area contributed by atoms with Crippen molar-refractivity contribution in [1.29, 1.82) is 0 Å². The number of alkyl halides is 4. The van der Waals surface area contributed by atoms with E-state index in [1.807, 2.05) is 0 Å². The number of hydrogen-bond donors (Lipinski definition) is 1. The minimum absolute atomic E-state index is 0.212. The van der Waals surface area contributed by atoms with Gasteiger partial charge in [0.15, 0.2) is 0 Å². The van der Waals surface area contributed by atoms with Crippen LogP contribution in [0, 0.1) is 3.70 Å². The Morgan fingerprint density at radius 2 is 1.94 bits per heavy atom. The van der Waals surface area contributed by atoms with Crippen LogP contribution in [0.5, 0.6) is 0 Å². The fourth-order valence-corrected chi connectivity index (χ4v) is 3.48. The van der Waals surface area contributed by atoms with Crippen LogP contribution in [-0.2, 0) is 5.54 Å². The SMILES string of the molecule is O[C@H](c1nc(I)cn1C12CC(F)(C1)C2)C(F)(F)F. The summed E-state index contributed by atoms with van der Waals surface area (Å²) in [7, 11) is 0. The summed E-state index contributed by atoms with van der Waals surface area (Å²) in [5.74, 6) is -0.436. The number of nitrogens with zero attached hydrogens (tertiary/aromatic N) is 2. The van der Waals surface area contributed by atoms with Gasteiger partial charge in [0.25, 0.3) is 0 Å². The number of aliphatic hydroxyl groups excluding tert-OH is 1. The summed E-state index contributed by atoms with van der Waals surface area (Å²) in [6, 6.07) is 0. The molecule has 0 saturated heterocycles. The highest BCUT2D eigenvalue weighted by atomic mass is 127. The van der Waals surface area contributed by atoms with E-state index in [1.54, 1.807) is 22.6 Å². The Bertz CT molecular complexity index is 493. The lowest BCUT2D eigenvalue weighted by molar-refractivity contribution is -0.222. The van der Waals surface area contributed by atoms with Crippen LogP contribution in [0.2, 0.25) is 0 Å². The van der Waals surface area contributed by atoms with E-state index in [1.165, 1.54) is 10.8 Å². The molecule has 0 aromatic carbocycles. The molecular formula is C10H9F4IN2O. The Hall–Kier alpha value is -0.380. The summed E-state index contributed by atoms with van der Waals surface area (Å²) in [4.78, 5) is 3.73. The second-order valence-corrected chi connectivity index (χ2v) is 6.25. The molecule has 1 aromatic heterocycles. The fraction of sp³-hybridized carbons (Fsp3) is 0.700. The predicted molar refractivity (Wildman–Crippen MR) is 61.6 cm³/mol. The summed E-state index contributed by atoms with van der Waals surface area (Å²) >= 11 is 1.78. The molecule has 3 saturated carbocycles. The first-order chi connectivity index (χ1) is 8.15. The van der Waals surface area contributed by atoms with Crippen molar-refractivity contribution in [2.24, 2.45) is 0 Å². The molecule has 1 aromatic rings. The monoisotopic (exact) mass is 376 g/mol. The molecule has 0 spiro atoms. The van der Waals surface area contributed by atoms with Gasteiger partial charge in [-0.1, -0.05) is 0 Å². The van der Waals surface area contributed by atoms with Crippen molar-refractivity contribution < 1.29 is 22.7 Å². The maximum Gasteiger partial charge on any atom is 0.421 e. The molecular weight excluding hydrogens is 367 g/mol. The van der Waals surface area contributed by atoms with Crippen molar-refractivity contribution in [3.63, 3.8) is 0 Å². The van der Waals surface area contributed by atoms with E-state index < -0.39 is 29.3 Å². The Kier molecular flexibility index (Phi) is 2.38. The molecule has 4 rings (SSSR count). The predicted octanol–water partition coefficient (Wildman–Crippen LogP) is 2.68. The standard InChI is InChI=1S/C10H9F4IN2O/c11-8-2-9(3-8,4-8)17-1-5(15)16-7(17)6(18)10(12,13)14/h1,6,18H,2-4H2/t6-,8?,9?/m1/s1. The van der Waals surface area contributed by atoms with Crippen molar-refractivity contribution in [2.75, 3.05) is 0 Å². The van der Waals surface area contributed by atoms with Gasteiger partial charge in [-0.05, 0) is 22.6 Å². The third kappa shape index (κ3) is 1.60. The highest BCUT2D eigenvalue weighted by Crippen LogP contribution is 2.68. The van der Waals surface area contributed by atoms with Crippen molar-refractivity contribution in [3.05, 3.63) is 15.7 Å². The second-order valence-electron chi connectivity index (χ2n) is 5.14. The molecule has 100 valence electrons. The van der Waals surface area contributed by atoms with Crippen LogP contribution in [0.4, 0.5) is 17.6 Å². The smallest absolute Gasteiger partial charge is 0.377 e. The Morgan fingerprint density at radius 3 is 2.39 bits per heavy atom. The lowest BCUT2D eigenvalue weighted by Crippen LogP contribution is -2.70. The lowest BCUT2D eigenvalue weighted by atomic mass is 9.47. The average molecular weight is 376 g/mol. The molecule has 18 heavy (non-hydrogen) atoms. The lowest BCUT2D eigenvalue weighted by Gasteiger charge is -2.66. The zero-order chi connectivity index (χ0) is 13.3. The zero-order valence-corrected chi connectivity index (χ0v) is 11.2. The molecule has 2 bridgehead atoms. The van der Waals surface area contributed by atoms with E-state index in [0.29, 0.717) is 3.70 Å². The fourth-order valence-electron chi connectivity index (χ4n) is 2.95. The van der Waals surface area contributed by atoms with Crippen molar-refractivity contribution in [3.8, 4) is 0 Å². The number of aliphatic hydroxyl groups is 1. The van der Waals surface area contributed by atoms with Crippen molar-refractivity contribution >= 4 is 22.6 Å². The Labute approximate surface area is 113 Å². The van der Waals surface area contributed by atoms with Crippen LogP contribution in [0.1, 0.15) is 31.2 Å².